The van der Waals surface area contributed by atoms with Crippen LogP contribution in [-0.2, 0) is 0 Å². The molecule has 0 aliphatic carbocycles. The molecule has 0 aromatic heterocycles. The third-order valence-electron chi connectivity index (χ3n) is 2.75. The molecule has 0 atom stereocenters. The second-order valence-corrected chi connectivity index (χ2v) is 4.70. The lowest BCUT2D eigenvalue weighted by atomic mass is 9.91. The molecule has 0 bridgehead atoms. The molecule has 0 amide bonds. The van der Waals surface area contributed by atoms with E-state index >= 15 is 0 Å². The number of aryl methyl sites for hydroxylation is 1. The molecule has 0 fully saturated rings. The second kappa shape index (κ2) is 4.13. The Bertz CT molecular complexity index is 365. The first kappa shape index (κ1) is 11.9. The minimum atomic E-state index is 0.0410. The van der Waals surface area contributed by atoms with Crippen molar-refractivity contribution in [2.75, 3.05) is 0 Å². The summed E-state index contributed by atoms with van der Waals surface area (Å²) in [5.74, 6) is 0.529. The number of hydrogen-bond donors (Lipinski definition) is 2. The summed E-state index contributed by atoms with van der Waals surface area (Å²) in [6.07, 6.45) is 0. The number of aromatic hydroxyl groups is 2. The van der Waals surface area contributed by atoms with Crippen molar-refractivity contribution in [3.05, 3.63) is 22.8 Å². The maximum atomic E-state index is 9.93. The Morgan fingerprint density at radius 1 is 0.933 bits per heavy atom. The van der Waals surface area contributed by atoms with Crippen LogP contribution in [0, 0.1) is 6.92 Å². The van der Waals surface area contributed by atoms with Crippen LogP contribution in [0.4, 0.5) is 0 Å². The summed E-state index contributed by atoms with van der Waals surface area (Å²) in [7, 11) is 0. The van der Waals surface area contributed by atoms with Gasteiger partial charge in [-0.05, 0) is 24.3 Å². The first-order valence-corrected chi connectivity index (χ1v) is 5.41. The van der Waals surface area contributed by atoms with Crippen molar-refractivity contribution in [1.29, 1.82) is 0 Å². The summed E-state index contributed by atoms with van der Waals surface area (Å²) in [6, 6.07) is 1.97. The average molecular weight is 208 g/mol. The molecular weight excluding hydrogens is 188 g/mol. The van der Waals surface area contributed by atoms with E-state index in [1.165, 1.54) is 0 Å². The molecule has 0 aliphatic rings. The molecule has 84 valence electrons. The van der Waals surface area contributed by atoms with E-state index in [2.05, 4.69) is 0 Å². The minimum absolute atomic E-state index is 0.0410. The molecule has 15 heavy (non-hydrogen) atoms. The molecule has 0 spiro atoms. The quantitative estimate of drug-likeness (QED) is 0.728. The Morgan fingerprint density at radius 2 is 1.47 bits per heavy atom. The minimum Gasteiger partial charge on any atom is -0.504 e. The monoisotopic (exact) mass is 208 g/mol. The summed E-state index contributed by atoms with van der Waals surface area (Å²) in [6.45, 7) is 10.00. The van der Waals surface area contributed by atoms with Crippen LogP contribution in [0.3, 0.4) is 0 Å². The van der Waals surface area contributed by atoms with Crippen LogP contribution >= 0.6 is 0 Å². The maximum absolute atomic E-state index is 9.93. The zero-order valence-electron chi connectivity index (χ0n) is 10.1. The number of hydrogen-bond acceptors (Lipinski definition) is 2. The molecule has 2 heteroatoms. The first-order chi connectivity index (χ1) is 6.86. The van der Waals surface area contributed by atoms with Gasteiger partial charge in [0.15, 0.2) is 11.5 Å². The van der Waals surface area contributed by atoms with E-state index in [-0.39, 0.29) is 23.3 Å². The number of rotatable bonds is 2. The van der Waals surface area contributed by atoms with Gasteiger partial charge in [0.1, 0.15) is 0 Å². The smallest absolute Gasteiger partial charge is 0.161 e. The highest BCUT2D eigenvalue weighted by molar-refractivity contribution is 5.55. The van der Waals surface area contributed by atoms with Gasteiger partial charge in [-0.2, -0.15) is 0 Å². The van der Waals surface area contributed by atoms with Crippen LogP contribution in [0.5, 0.6) is 11.5 Å². The van der Waals surface area contributed by atoms with Gasteiger partial charge >= 0.3 is 0 Å². The van der Waals surface area contributed by atoms with Crippen molar-refractivity contribution in [1.82, 2.24) is 0 Å². The van der Waals surface area contributed by atoms with E-state index in [0.717, 1.165) is 16.7 Å². The van der Waals surface area contributed by atoms with E-state index in [4.69, 9.17) is 0 Å². The average Bonchev–Trinajstić information content (AvgIpc) is 2.10. The standard InChI is InChI=1S/C13H20O2/c1-7(2)10-6-9(5)11(8(3)4)13(15)12(10)14/h6-8,14-15H,1-5H3. The van der Waals surface area contributed by atoms with Crippen LogP contribution in [0.25, 0.3) is 0 Å². The second-order valence-electron chi connectivity index (χ2n) is 4.70. The Labute approximate surface area is 91.6 Å². The number of phenols is 2. The van der Waals surface area contributed by atoms with Crippen LogP contribution in [0.15, 0.2) is 6.07 Å². The molecule has 0 saturated heterocycles. The van der Waals surface area contributed by atoms with Gasteiger partial charge in [0.05, 0.1) is 0 Å². The summed E-state index contributed by atoms with van der Waals surface area (Å²) in [5, 5.41) is 19.8. The third kappa shape index (κ3) is 2.09. The molecule has 2 N–H and O–H groups in total. The Kier molecular flexibility index (Phi) is 3.28. The highest BCUT2D eigenvalue weighted by Gasteiger charge is 2.18. The van der Waals surface area contributed by atoms with Crippen molar-refractivity contribution in [2.45, 2.75) is 46.5 Å². The number of benzene rings is 1. The predicted octanol–water partition coefficient (Wildman–Crippen LogP) is 3.65. The van der Waals surface area contributed by atoms with Crippen molar-refractivity contribution in [3.63, 3.8) is 0 Å². The fourth-order valence-electron chi connectivity index (χ4n) is 2.00. The lowest BCUT2D eigenvalue weighted by molar-refractivity contribution is 0.391. The summed E-state index contributed by atoms with van der Waals surface area (Å²) < 4.78 is 0. The first-order valence-electron chi connectivity index (χ1n) is 5.41. The highest BCUT2D eigenvalue weighted by atomic mass is 16.3. The molecule has 0 unspecified atom stereocenters. The molecule has 0 aliphatic heterocycles. The highest BCUT2D eigenvalue weighted by Crippen LogP contribution is 2.41. The van der Waals surface area contributed by atoms with Crippen LogP contribution in [0.1, 0.15) is 56.2 Å². The molecular formula is C13H20O2. The summed E-state index contributed by atoms with van der Waals surface area (Å²) in [5.41, 5.74) is 2.70. The van der Waals surface area contributed by atoms with E-state index in [1.54, 1.807) is 0 Å². The predicted molar refractivity (Wildman–Crippen MR) is 62.7 cm³/mol. The normalized spacial score (nSPS) is 11.4. The SMILES string of the molecule is Cc1cc(C(C)C)c(O)c(O)c1C(C)C. The van der Waals surface area contributed by atoms with Gasteiger partial charge in [0.25, 0.3) is 0 Å². The van der Waals surface area contributed by atoms with Gasteiger partial charge < -0.3 is 10.2 Å². The molecule has 1 aromatic carbocycles. The van der Waals surface area contributed by atoms with Gasteiger partial charge in [-0.3, -0.25) is 0 Å². The Morgan fingerprint density at radius 3 is 1.87 bits per heavy atom. The summed E-state index contributed by atoms with van der Waals surface area (Å²) >= 11 is 0. The Hall–Kier alpha value is -1.18. The number of phenolic OH excluding ortho intramolecular Hbond substituents is 2. The zero-order valence-corrected chi connectivity index (χ0v) is 10.1. The lowest BCUT2D eigenvalue weighted by Crippen LogP contribution is -1.98. The van der Waals surface area contributed by atoms with E-state index in [1.807, 2.05) is 40.7 Å². The lowest BCUT2D eigenvalue weighted by Gasteiger charge is -2.18. The van der Waals surface area contributed by atoms with Crippen molar-refractivity contribution in [3.8, 4) is 11.5 Å². The van der Waals surface area contributed by atoms with Gasteiger partial charge in [0, 0.05) is 11.1 Å². The van der Waals surface area contributed by atoms with Crippen molar-refractivity contribution in [2.24, 2.45) is 0 Å². The molecule has 2 nitrogen and oxygen atoms in total. The van der Waals surface area contributed by atoms with Gasteiger partial charge in [0.2, 0.25) is 0 Å². The molecule has 1 aromatic rings. The van der Waals surface area contributed by atoms with E-state index < -0.39 is 0 Å². The fourth-order valence-corrected chi connectivity index (χ4v) is 2.00. The topological polar surface area (TPSA) is 40.5 Å². The summed E-state index contributed by atoms with van der Waals surface area (Å²) in [4.78, 5) is 0. The molecule has 1 rings (SSSR count). The van der Waals surface area contributed by atoms with E-state index in [9.17, 15) is 10.2 Å². The van der Waals surface area contributed by atoms with Crippen LogP contribution in [0.2, 0.25) is 0 Å². The molecule has 0 saturated carbocycles. The molecule has 0 heterocycles. The Balaban J connectivity index is 3.44. The van der Waals surface area contributed by atoms with Gasteiger partial charge in [-0.25, -0.2) is 0 Å². The third-order valence-corrected chi connectivity index (χ3v) is 2.75. The van der Waals surface area contributed by atoms with Crippen molar-refractivity contribution >= 4 is 0 Å². The maximum Gasteiger partial charge on any atom is 0.161 e. The fraction of sp³-hybridized carbons (Fsp3) is 0.538. The largest absolute Gasteiger partial charge is 0.504 e. The van der Waals surface area contributed by atoms with Crippen molar-refractivity contribution < 1.29 is 10.2 Å². The van der Waals surface area contributed by atoms with E-state index in [0.29, 0.717) is 0 Å². The van der Waals surface area contributed by atoms with Gasteiger partial charge in [-0.1, -0.05) is 33.8 Å². The zero-order chi connectivity index (χ0) is 11.7. The molecule has 0 radical (unpaired) electrons. The van der Waals surface area contributed by atoms with Gasteiger partial charge in [-0.15, -0.1) is 0 Å². The van der Waals surface area contributed by atoms with Crippen LogP contribution < -0.4 is 0 Å². The van der Waals surface area contributed by atoms with Crippen LogP contribution in [-0.4, -0.2) is 10.2 Å².